The van der Waals surface area contributed by atoms with E-state index in [0.29, 0.717) is 5.56 Å². The monoisotopic (exact) mass is 451 g/mol. The van der Waals surface area contributed by atoms with Gasteiger partial charge in [0.2, 0.25) is 0 Å². The molecule has 0 saturated heterocycles. The third-order valence-electron chi connectivity index (χ3n) is 5.88. The van der Waals surface area contributed by atoms with Gasteiger partial charge in [-0.1, -0.05) is 18.9 Å². The lowest BCUT2D eigenvalue weighted by atomic mass is 10.0. The van der Waals surface area contributed by atoms with Crippen molar-refractivity contribution in [3.05, 3.63) is 64.7 Å². The zero-order chi connectivity index (χ0) is 23.5. The van der Waals surface area contributed by atoms with E-state index in [2.05, 4.69) is 10.4 Å². The Balaban J connectivity index is 1.55. The number of nitrogens with one attached hydrogen (secondary N) is 1. The lowest BCUT2D eigenvalue weighted by Crippen LogP contribution is -2.23. The summed E-state index contributed by atoms with van der Waals surface area (Å²) < 4.78 is 35.3. The van der Waals surface area contributed by atoms with E-state index in [4.69, 9.17) is 10.5 Å². The van der Waals surface area contributed by atoms with Gasteiger partial charge in [-0.15, -0.1) is 0 Å². The van der Waals surface area contributed by atoms with Crippen LogP contribution in [0.1, 0.15) is 53.2 Å². The normalized spacial score (nSPS) is 13.6. The Morgan fingerprint density at radius 3 is 2.70 bits per heavy atom. The third kappa shape index (κ3) is 4.37. The van der Waals surface area contributed by atoms with Gasteiger partial charge < -0.3 is 15.8 Å². The topological polar surface area (TPSA) is 106 Å². The van der Waals surface area contributed by atoms with Crippen LogP contribution in [0.3, 0.4) is 0 Å². The fourth-order valence-electron chi connectivity index (χ4n) is 4.17. The van der Waals surface area contributed by atoms with E-state index >= 15 is 4.39 Å². The first-order chi connectivity index (χ1) is 15.9. The van der Waals surface area contributed by atoms with E-state index in [1.807, 2.05) is 6.07 Å². The lowest BCUT2D eigenvalue weighted by Gasteiger charge is -2.11. The second-order valence-electron chi connectivity index (χ2n) is 7.94. The summed E-state index contributed by atoms with van der Waals surface area (Å²) in [5.74, 6) is -1.22. The number of carbonyl (C=O) groups excluding carboxylic acids is 1. The van der Waals surface area contributed by atoms with Gasteiger partial charge in [0.25, 0.3) is 5.91 Å². The standard InChI is InChI=1S/C24H23F2N5O2/c1-33-21-9-7-15(25)11-18(21)24(32)29-13-14-6-8-17(20(26)10-14)22-19(12-27)23(28)31(30-22)16-4-2-3-5-16/h6-11,16H,2-5,13,28H2,1H3,(H,29,32). The minimum absolute atomic E-state index is 0.0134. The average molecular weight is 451 g/mol. The average Bonchev–Trinajstić information content (AvgIpc) is 3.45. The molecule has 1 aliphatic carbocycles. The highest BCUT2D eigenvalue weighted by molar-refractivity contribution is 5.96. The van der Waals surface area contributed by atoms with Crippen molar-refractivity contribution in [2.24, 2.45) is 0 Å². The predicted molar refractivity (Wildman–Crippen MR) is 118 cm³/mol. The first kappa shape index (κ1) is 22.3. The molecule has 1 aromatic heterocycles. The van der Waals surface area contributed by atoms with Crippen LogP contribution < -0.4 is 15.8 Å². The summed E-state index contributed by atoms with van der Waals surface area (Å²) >= 11 is 0. The maximum atomic E-state index is 15.0. The Morgan fingerprint density at radius 1 is 1.27 bits per heavy atom. The number of anilines is 1. The number of nitrogens with zero attached hydrogens (tertiary/aromatic N) is 3. The number of benzene rings is 2. The molecule has 1 amide bonds. The third-order valence-corrected chi connectivity index (χ3v) is 5.88. The van der Waals surface area contributed by atoms with Gasteiger partial charge >= 0.3 is 0 Å². The minimum Gasteiger partial charge on any atom is -0.496 e. The Labute approximate surface area is 189 Å². The van der Waals surface area contributed by atoms with Crippen molar-refractivity contribution in [3.8, 4) is 23.1 Å². The van der Waals surface area contributed by atoms with Crippen LogP contribution in [-0.4, -0.2) is 22.8 Å². The molecule has 0 spiro atoms. The Morgan fingerprint density at radius 2 is 2.03 bits per heavy atom. The molecule has 1 heterocycles. The van der Waals surface area contributed by atoms with Crippen LogP contribution in [-0.2, 0) is 6.54 Å². The number of hydrogen-bond acceptors (Lipinski definition) is 5. The van der Waals surface area contributed by atoms with Crippen LogP contribution in [0.2, 0.25) is 0 Å². The zero-order valence-electron chi connectivity index (χ0n) is 18.1. The molecule has 1 aliphatic rings. The number of aromatic nitrogens is 2. The van der Waals surface area contributed by atoms with Crippen molar-refractivity contribution in [1.29, 1.82) is 5.26 Å². The number of nitriles is 1. The molecule has 33 heavy (non-hydrogen) atoms. The molecule has 0 unspecified atom stereocenters. The minimum atomic E-state index is -0.586. The van der Waals surface area contributed by atoms with Crippen LogP contribution >= 0.6 is 0 Å². The number of nitrogen functional groups attached to an aromatic ring is 1. The molecule has 7 nitrogen and oxygen atoms in total. The molecule has 0 aliphatic heterocycles. The molecular formula is C24H23F2N5O2. The van der Waals surface area contributed by atoms with Gasteiger partial charge in [0.1, 0.15) is 40.5 Å². The molecule has 0 radical (unpaired) electrons. The van der Waals surface area contributed by atoms with E-state index in [1.54, 1.807) is 10.7 Å². The van der Waals surface area contributed by atoms with Crippen molar-refractivity contribution in [2.45, 2.75) is 38.3 Å². The highest BCUT2D eigenvalue weighted by Gasteiger charge is 2.26. The van der Waals surface area contributed by atoms with Gasteiger partial charge in [0.05, 0.1) is 18.7 Å². The summed E-state index contributed by atoms with van der Waals surface area (Å²) in [6.45, 7) is 0.0134. The molecule has 3 N–H and O–H groups in total. The lowest BCUT2D eigenvalue weighted by molar-refractivity contribution is 0.0947. The van der Waals surface area contributed by atoms with Gasteiger partial charge in [0.15, 0.2) is 0 Å². The maximum absolute atomic E-state index is 15.0. The predicted octanol–water partition coefficient (Wildman–Crippen LogP) is 4.34. The first-order valence-corrected chi connectivity index (χ1v) is 10.6. The largest absolute Gasteiger partial charge is 0.496 e. The van der Waals surface area contributed by atoms with E-state index in [9.17, 15) is 14.4 Å². The van der Waals surface area contributed by atoms with Gasteiger partial charge in [-0.25, -0.2) is 13.5 Å². The van der Waals surface area contributed by atoms with Crippen molar-refractivity contribution in [1.82, 2.24) is 15.1 Å². The van der Waals surface area contributed by atoms with Crippen molar-refractivity contribution in [3.63, 3.8) is 0 Å². The van der Waals surface area contributed by atoms with Crippen LogP contribution in [0.5, 0.6) is 5.75 Å². The van der Waals surface area contributed by atoms with Crippen molar-refractivity contribution >= 4 is 11.7 Å². The van der Waals surface area contributed by atoms with Gasteiger partial charge in [-0.2, -0.15) is 10.4 Å². The van der Waals surface area contributed by atoms with Crippen LogP contribution in [0.25, 0.3) is 11.3 Å². The number of methoxy groups -OCH3 is 1. The second kappa shape index (κ2) is 9.28. The summed E-state index contributed by atoms with van der Waals surface area (Å²) in [6.07, 6.45) is 3.98. The summed E-state index contributed by atoms with van der Waals surface area (Å²) in [6, 6.07) is 10.2. The number of hydrogen-bond donors (Lipinski definition) is 2. The first-order valence-electron chi connectivity index (χ1n) is 10.6. The number of ether oxygens (including phenoxy) is 1. The highest BCUT2D eigenvalue weighted by Crippen LogP contribution is 2.36. The summed E-state index contributed by atoms with van der Waals surface area (Å²) in [5.41, 5.74) is 7.21. The van der Waals surface area contributed by atoms with Gasteiger partial charge in [0, 0.05) is 12.1 Å². The molecule has 1 saturated carbocycles. The molecule has 2 aromatic carbocycles. The van der Waals surface area contributed by atoms with E-state index in [-0.39, 0.29) is 46.5 Å². The SMILES string of the molecule is COc1ccc(F)cc1C(=O)NCc1ccc(-c2nn(C3CCCC3)c(N)c2C#N)c(F)c1. The number of halogens is 2. The molecular weight excluding hydrogens is 428 g/mol. The van der Waals surface area contributed by atoms with E-state index < -0.39 is 17.5 Å². The molecule has 0 bridgehead atoms. The summed E-state index contributed by atoms with van der Waals surface area (Å²) in [5, 5.41) is 16.7. The number of carbonyl (C=O) groups is 1. The van der Waals surface area contributed by atoms with Crippen LogP contribution in [0.15, 0.2) is 36.4 Å². The number of amides is 1. The Kier molecular flexibility index (Phi) is 6.27. The zero-order valence-corrected chi connectivity index (χ0v) is 18.1. The molecule has 9 heteroatoms. The van der Waals surface area contributed by atoms with E-state index in [1.165, 1.54) is 31.4 Å². The summed E-state index contributed by atoms with van der Waals surface area (Å²) in [4.78, 5) is 12.5. The number of nitrogens with two attached hydrogens (primary N) is 1. The smallest absolute Gasteiger partial charge is 0.255 e. The highest BCUT2D eigenvalue weighted by atomic mass is 19.1. The molecule has 4 rings (SSSR count). The van der Waals surface area contributed by atoms with E-state index in [0.717, 1.165) is 31.7 Å². The van der Waals surface area contributed by atoms with Crippen molar-refractivity contribution < 1.29 is 18.3 Å². The molecule has 1 fully saturated rings. The fourth-order valence-corrected chi connectivity index (χ4v) is 4.17. The molecule has 0 atom stereocenters. The number of rotatable bonds is 6. The van der Waals surface area contributed by atoms with Gasteiger partial charge in [-0.05, 0) is 48.7 Å². The molecule has 170 valence electrons. The van der Waals surface area contributed by atoms with Gasteiger partial charge in [-0.3, -0.25) is 4.79 Å². The fraction of sp³-hybridized carbons (Fsp3) is 0.292. The summed E-state index contributed by atoms with van der Waals surface area (Å²) in [7, 11) is 1.38. The Hall–Kier alpha value is -3.93. The van der Waals surface area contributed by atoms with Crippen molar-refractivity contribution in [2.75, 3.05) is 12.8 Å². The van der Waals surface area contributed by atoms with Crippen LogP contribution in [0, 0.1) is 23.0 Å². The van der Waals surface area contributed by atoms with Crippen LogP contribution in [0.4, 0.5) is 14.6 Å². The quantitative estimate of drug-likeness (QED) is 0.580. The molecule has 3 aromatic rings. The maximum Gasteiger partial charge on any atom is 0.255 e. The second-order valence-corrected chi connectivity index (χ2v) is 7.94. The Bertz CT molecular complexity index is 1240.